The van der Waals surface area contributed by atoms with Crippen LogP contribution >= 0.6 is 0 Å². The van der Waals surface area contributed by atoms with E-state index in [4.69, 9.17) is 4.74 Å². The Morgan fingerprint density at radius 3 is 2.42 bits per heavy atom. The lowest BCUT2D eigenvalue weighted by molar-refractivity contribution is 0.243. The number of aromatic nitrogens is 1. The molecular formula is C16H20N2O. The second-order valence-corrected chi connectivity index (χ2v) is 4.78. The highest BCUT2D eigenvalue weighted by Gasteiger charge is 2.10. The average molecular weight is 256 g/mol. The number of nitrogens with one attached hydrogen (secondary N) is 1. The molecule has 100 valence electrons. The predicted octanol–water partition coefficient (Wildman–Crippen LogP) is 4.04. The lowest BCUT2D eigenvalue weighted by atomic mass is 10.2. The van der Waals surface area contributed by atoms with Gasteiger partial charge in [0.1, 0.15) is 5.75 Å². The van der Waals surface area contributed by atoms with Gasteiger partial charge in [-0.3, -0.25) is 4.98 Å². The van der Waals surface area contributed by atoms with E-state index < -0.39 is 0 Å². The molecule has 1 aromatic carbocycles. The molecule has 0 bridgehead atoms. The summed E-state index contributed by atoms with van der Waals surface area (Å²) in [5.41, 5.74) is 2.01. The number of rotatable bonds is 5. The number of hydrogen-bond acceptors (Lipinski definition) is 3. The maximum atomic E-state index is 5.80. The summed E-state index contributed by atoms with van der Waals surface area (Å²) < 4.78 is 5.80. The minimum absolute atomic E-state index is 0.137. The van der Waals surface area contributed by atoms with Crippen LogP contribution in [0.4, 0.5) is 5.69 Å². The molecule has 0 aliphatic heterocycles. The van der Waals surface area contributed by atoms with E-state index in [2.05, 4.69) is 17.2 Å². The average Bonchev–Trinajstić information content (AvgIpc) is 2.41. The van der Waals surface area contributed by atoms with Crippen LogP contribution in [-0.2, 0) is 0 Å². The van der Waals surface area contributed by atoms with Gasteiger partial charge in [0, 0.05) is 6.20 Å². The second kappa shape index (κ2) is 6.23. The normalized spacial score (nSPS) is 12.2. The molecule has 3 heteroatoms. The molecule has 2 rings (SSSR count). The van der Waals surface area contributed by atoms with Crippen molar-refractivity contribution in [2.75, 3.05) is 5.32 Å². The Bertz CT molecular complexity index is 511. The number of nitrogens with zero attached hydrogens (tertiary/aromatic N) is 1. The molecule has 0 radical (unpaired) electrons. The fourth-order valence-electron chi connectivity index (χ4n) is 1.88. The molecule has 1 aromatic heterocycles. The van der Waals surface area contributed by atoms with E-state index in [0.29, 0.717) is 0 Å². The summed E-state index contributed by atoms with van der Waals surface area (Å²) >= 11 is 0. The first-order valence-corrected chi connectivity index (χ1v) is 6.60. The van der Waals surface area contributed by atoms with Crippen LogP contribution in [0.1, 0.15) is 32.5 Å². The first kappa shape index (κ1) is 13.4. The molecule has 0 amide bonds. The van der Waals surface area contributed by atoms with Crippen LogP contribution in [0.3, 0.4) is 0 Å². The fraction of sp³-hybridized carbons (Fsp3) is 0.312. The van der Waals surface area contributed by atoms with E-state index in [9.17, 15) is 0 Å². The lowest BCUT2D eigenvalue weighted by Crippen LogP contribution is -2.11. The van der Waals surface area contributed by atoms with Crippen molar-refractivity contribution < 1.29 is 4.74 Å². The monoisotopic (exact) mass is 256 g/mol. The molecular weight excluding hydrogens is 236 g/mol. The summed E-state index contributed by atoms with van der Waals surface area (Å²) in [7, 11) is 0. The van der Waals surface area contributed by atoms with Crippen molar-refractivity contribution in [3.8, 4) is 5.75 Å². The van der Waals surface area contributed by atoms with Gasteiger partial charge < -0.3 is 10.1 Å². The van der Waals surface area contributed by atoms with E-state index in [-0.39, 0.29) is 12.1 Å². The fourth-order valence-corrected chi connectivity index (χ4v) is 1.88. The summed E-state index contributed by atoms with van der Waals surface area (Å²) in [6.07, 6.45) is 1.97. The number of hydrogen-bond donors (Lipinski definition) is 1. The van der Waals surface area contributed by atoms with Gasteiger partial charge in [-0.05, 0) is 45.0 Å². The molecule has 2 aromatic rings. The molecule has 1 heterocycles. The standard InChI is InChI=1S/C16H20N2O/c1-12(2)19-16-10-5-4-9-15(16)18-13(3)14-8-6-7-11-17-14/h4-13,18H,1-3H3. The van der Waals surface area contributed by atoms with Gasteiger partial charge in [-0.1, -0.05) is 18.2 Å². The zero-order valence-corrected chi connectivity index (χ0v) is 11.6. The van der Waals surface area contributed by atoms with Crippen LogP contribution in [0.25, 0.3) is 0 Å². The summed E-state index contributed by atoms with van der Waals surface area (Å²) in [6.45, 7) is 6.15. The molecule has 0 aliphatic carbocycles. The number of para-hydroxylation sites is 2. The zero-order chi connectivity index (χ0) is 13.7. The van der Waals surface area contributed by atoms with Gasteiger partial charge in [0.15, 0.2) is 0 Å². The SMILES string of the molecule is CC(C)Oc1ccccc1NC(C)c1ccccn1. The van der Waals surface area contributed by atoms with Crippen LogP contribution in [-0.4, -0.2) is 11.1 Å². The Morgan fingerprint density at radius 2 is 1.74 bits per heavy atom. The number of anilines is 1. The summed E-state index contributed by atoms with van der Waals surface area (Å²) in [5.74, 6) is 0.875. The van der Waals surface area contributed by atoms with Gasteiger partial charge in [0.25, 0.3) is 0 Å². The van der Waals surface area contributed by atoms with Crippen LogP contribution in [0, 0.1) is 0 Å². The second-order valence-electron chi connectivity index (χ2n) is 4.78. The quantitative estimate of drug-likeness (QED) is 0.876. The van der Waals surface area contributed by atoms with Gasteiger partial charge in [0.2, 0.25) is 0 Å². The van der Waals surface area contributed by atoms with Crippen LogP contribution < -0.4 is 10.1 Å². The van der Waals surface area contributed by atoms with Crippen LogP contribution in [0.5, 0.6) is 5.75 Å². The van der Waals surface area contributed by atoms with Crippen molar-refractivity contribution in [1.29, 1.82) is 0 Å². The van der Waals surface area contributed by atoms with Crippen molar-refractivity contribution in [1.82, 2.24) is 4.98 Å². The maximum Gasteiger partial charge on any atom is 0.142 e. The third-order valence-corrected chi connectivity index (χ3v) is 2.75. The largest absolute Gasteiger partial charge is 0.489 e. The highest BCUT2D eigenvalue weighted by molar-refractivity contribution is 5.57. The third-order valence-electron chi connectivity index (χ3n) is 2.75. The van der Waals surface area contributed by atoms with Gasteiger partial charge in [-0.15, -0.1) is 0 Å². The minimum atomic E-state index is 0.137. The smallest absolute Gasteiger partial charge is 0.142 e. The molecule has 0 spiro atoms. The highest BCUT2D eigenvalue weighted by atomic mass is 16.5. The Kier molecular flexibility index (Phi) is 4.39. The summed E-state index contributed by atoms with van der Waals surface area (Å²) in [5, 5.41) is 3.44. The van der Waals surface area contributed by atoms with Crippen molar-refractivity contribution in [2.45, 2.75) is 32.9 Å². The van der Waals surface area contributed by atoms with Crippen LogP contribution in [0.2, 0.25) is 0 Å². The Hall–Kier alpha value is -2.03. The topological polar surface area (TPSA) is 34.1 Å². The van der Waals surface area contributed by atoms with Crippen molar-refractivity contribution in [3.63, 3.8) is 0 Å². The Balaban J connectivity index is 2.15. The van der Waals surface area contributed by atoms with E-state index in [0.717, 1.165) is 17.1 Å². The minimum Gasteiger partial charge on any atom is -0.489 e. The van der Waals surface area contributed by atoms with E-state index in [1.165, 1.54) is 0 Å². The molecule has 0 saturated heterocycles. The first-order chi connectivity index (χ1) is 9.16. The Morgan fingerprint density at radius 1 is 1.00 bits per heavy atom. The molecule has 1 atom stereocenters. The molecule has 0 fully saturated rings. The van der Waals surface area contributed by atoms with Crippen LogP contribution in [0.15, 0.2) is 48.7 Å². The Labute approximate surface area is 114 Å². The number of benzene rings is 1. The van der Waals surface area contributed by atoms with Crippen molar-refractivity contribution in [2.24, 2.45) is 0 Å². The predicted molar refractivity (Wildman–Crippen MR) is 78.5 cm³/mol. The van der Waals surface area contributed by atoms with Gasteiger partial charge >= 0.3 is 0 Å². The molecule has 1 unspecified atom stereocenters. The zero-order valence-electron chi connectivity index (χ0n) is 11.6. The van der Waals surface area contributed by atoms with Gasteiger partial charge in [-0.2, -0.15) is 0 Å². The van der Waals surface area contributed by atoms with Gasteiger partial charge in [-0.25, -0.2) is 0 Å². The molecule has 0 aliphatic rings. The number of pyridine rings is 1. The molecule has 3 nitrogen and oxygen atoms in total. The van der Waals surface area contributed by atoms with Gasteiger partial charge in [0.05, 0.1) is 23.5 Å². The number of ether oxygens (including phenoxy) is 1. The highest BCUT2D eigenvalue weighted by Crippen LogP contribution is 2.28. The first-order valence-electron chi connectivity index (χ1n) is 6.60. The molecule has 0 saturated carbocycles. The molecule has 19 heavy (non-hydrogen) atoms. The van der Waals surface area contributed by atoms with E-state index >= 15 is 0 Å². The van der Waals surface area contributed by atoms with Crippen molar-refractivity contribution >= 4 is 5.69 Å². The summed E-state index contributed by atoms with van der Waals surface area (Å²) in [6, 6.07) is 14.1. The van der Waals surface area contributed by atoms with E-state index in [1.54, 1.807) is 0 Å². The maximum absolute atomic E-state index is 5.80. The summed E-state index contributed by atoms with van der Waals surface area (Å²) in [4.78, 5) is 4.36. The third kappa shape index (κ3) is 3.71. The molecule has 1 N–H and O–H groups in total. The lowest BCUT2D eigenvalue weighted by Gasteiger charge is -2.19. The van der Waals surface area contributed by atoms with Crippen molar-refractivity contribution in [3.05, 3.63) is 54.4 Å². The van der Waals surface area contributed by atoms with E-state index in [1.807, 2.05) is 62.5 Å².